The molecule has 0 saturated heterocycles. The van der Waals surface area contributed by atoms with Crippen molar-refractivity contribution in [2.75, 3.05) is 6.54 Å². The highest BCUT2D eigenvalue weighted by atomic mass is 19.1. The van der Waals surface area contributed by atoms with E-state index in [0.717, 1.165) is 6.42 Å². The van der Waals surface area contributed by atoms with Gasteiger partial charge in [0.05, 0.1) is 6.10 Å². The van der Waals surface area contributed by atoms with Crippen LogP contribution in [0.2, 0.25) is 0 Å². The molecule has 0 aliphatic rings. The van der Waals surface area contributed by atoms with E-state index in [4.69, 9.17) is 0 Å². The molecule has 2 nitrogen and oxygen atoms in total. The fourth-order valence-electron chi connectivity index (χ4n) is 1.95. The lowest BCUT2D eigenvalue weighted by Crippen LogP contribution is -2.36. The van der Waals surface area contributed by atoms with Crippen molar-refractivity contribution in [1.29, 1.82) is 0 Å². The first-order valence-electron chi connectivity index (χ1n) is 6.21. The average molecular weight is 239 g/mol. The van der Waals surface area contributed by atoms with Crippen molar-refractivity contribution >= 4 is 0 Å². The van der Waals surface area contributed by atoms with E-state index in [0.29, 0.717) is 24.1 Å². The Morgan fingerprint density at radius 1 is 1.35 bits per heavy atom. The SMILES string of the molecule is CCC(NCC(O)c1cccc(F)c1)C(C)C. The second-order valence-corrected chi connectivity index (χ2v) is 4.74. The molecule has 2 unspecified atom stereocenters. The quantitative estimate of drug-likeness (QED) is 0.800. The summed E-state index contributed by atoms with van der Waals surface area (Å²) in [6.07, 6.45) is 0.367. The van der Waals surface area contributed by atoms with Crippen LogP contribution in [0.1, 0.15) is 38.9 Å². The lowest BCUT2D eigenvalue weighted by molar-refractivity contribution is 0.164. The van der Waals surface area contributed by atoms with E-state index in [2.05, 4.69) is 26.1 Å². The van der Waals surface area contributed by atoms with Crippen molar-refractivity contribution in [2.24, 2.45) is 5.92 Å². The summed E-state index contributed by atoms with van der Waals surface area (Å²) in [5, 5.41) is 13.3. The molecular formula is C14H22FNO. The second kappa shape index (κ2) is 6.72. The number of hydrogen-bond acceptors (Lipinski definition) is 2. The Kier molecular flexibility index (Phi) is 5.59. The molecule has 1 aromatic carbocycles. The molecule has 0 saturated carbocycles. The molecule has 2 atom stereocenters. The van der Waals surface area contributed by atoms with Gasteiger partial charge in [0.2, 0.25) is 0 Å². The monoisotopic (exact) mass is 239 g/mol. The summed E-state index contributed by atoms with van der Waals surface area (Å²) < 4.78 is 13.0. The summed E-state index contributed by atoms with van der Waals surface area (Å²) in [5.74, 6) is 0.220. The van der Waals surface area contributed by atoms with Gasteiger partial charge in [0, 0.05) is 12.6 Å². The third-order valence-electron chi connectivity index (χ3n) is 3.05. The summed E-state index contributed by atoms with van der Waals surface area (Å²) in [4.78, 5) is 0. The summed E-state index contributed by atoms with van der Waals surface area (Å²) in [6, 6.07) is 6.51. The molecular weight excluding hydrogens is 217 g/mol. The van der Waals surface area contributed by atoms with E-state index < -0.39 is 6.10 Å². The Morgan fingerprint density at radius 2 is 2.06 bits per heavy atom. The number of rotatable bonds is 6. The van der Waals surface area contributed by atoms with Crippen molar-refractivity contribution in [1.82, 2.24) is 5.32 Å². The Bertz CT molecular complexity index is 341. The summed E-state index contributed by atoms with van der Waals surface area (Å²) in [5.41, 5.74) is 0.621. The number of hydrogen-bond donors (Lipinski definition) is 2. The molecule has 17 heavy (non-hydrogen) atoms. The molecule has 0 aromatic heterocycles. The molecule has 0 aliphatic carbocycles. The zero-order valence-corrected chi connectivity index (χ0v) is 10.8. The van der Waals surface area contributed by atoms with Gasteiger partial charge in [-0.3, -0.25) is 0 Å². The number of aliphatic hydroxyl groups excluding tert-OH is 1. The molecule has 0 bridgehead atoms. The minimum absolute atomic E-state index is 0.308. The molecule has 2 N–H and O–H groups in total. The van der Waals surface area contributed by atoms with E-state index in [1.54, 1.807) is 12.1 Å². The molecule has 0 spiro atoms. The van der Waals surface area contributed by atoms with Gasteiger partial charge in [0.1, 0.15) is 5.82 Å². The summed E-state index contributed by atoms with van der Waals surface area (Å²) in [6.45, 7) is 6.87. The van der Waals surface area contributed by atoms with Crippen LogP contribution in [-0.2, 0) is 0 Å². The minimum Gasteiger partial charge on any atom is -0.387 e. The van der Waals surface area contributed by atoms with Gasteiger partial charge in [-0.25, -0.2) is 4.39 Å². The lowest BCUT2D eigenvalue weighted by Gasteiger charge is -2.22. The van der Waals surface area contributed by atoms with Crippen LogP contribution in [0.4, 0.5) is 4.39 Å². The van der Waals surface area contributed by atoms with Gasteiger partial charge in [-0.15, -0.1) is 0 Å². The highest BCUT2D eigenvalue weighted by Crippen LogP contribution is 2.14. The van der Waals surface area contributed by atoms with E-state index in [1.807, 2.05) is 0 Å². The fourth-order valence-corrected chi connectivity index (χ4v) is 1.95. The Balaban J connectivity index is 2.52. The van der Waals surface area contributed by atoms with Gasteiger partial charge < -0.3 is 10.4 Å². The average Bonchev–Trinajstić information content (AvgIpc) is 2.29. The number of aliphatic hydroxyl groups is 1. The van der Waals surface area contributed by atoms with Crippen molar-refractivity contribution < 1.29 is 9.50 Å². The van der Waals surface area contributed by atoms with Crippen molar-refractivity contribution in [3.05, 3.63) is 35.6 Å². The molecule has 0 heterocycles. The van der Waals surface area contributed by atoms with Crippen LogP contribution in [0, 0.1) is 11.7 Å². The molecule has 0 aliphatic heterocycles. The molecule has 0 radical (unpaired) electrons. The van der Waals surface area contributed by atoms with Crippen molar-refractivity contribution in [3.8, 4) is 0 Å². The van der Waals surface area contributed by atoms with Crippen molar-refractivity contribution in [2.45, 2.75) is 39.3 Å². The van der Waals surface area contributed by atoms with Gasteiger partial charge >= 0.3 is 0 Å². The third-order valence-corrected chi connectivity index (χ3v) is 3.05. The van der Waals surface area contributed by atoms with E-state index in [1.165, 1.54) is 12.1 Å². The van der Waals surface area contributed by atoms with Crippen LogP contribution in [0.5, 0.6) is 0 Å². The third kappa shape index (κ3) is 4.44. The van der Waals surface area contributed by atoms with Crippen LogP contribution in [0.3, 0.4) is 0 Å². The van der Waals surface area contributed by atoms with Gasteiger partial charge in [-0.05, 0) is 30.0 Å². The molecule has 3 heteroatoms. The number of benzene rings is 1. The van der Waals surface area contributed by atoms with Crippen LogP contribution in [-0.4, -0.2) is 17.7 Å². The maximum atomic E-state index is 13.0. The predicted octanol–water partition coefficient (Wildman–Crippen LogP) is 2.88. The maximum Gasteiger partial charge on any atom is 0.123 e. The van der Waals surface area contributed by atoms with Crippen LogP contribution < -0.4 is 5.32 Å². The summed E-state index contributed by atoms with van der Waals surface area (Å²) in [7, 11) is 0. The van der Waals surface area contributed by atoms with Crippen LogP contribution in [0.15, 0.2) is 24.3 Å². The number of nitrogens with one attached hydrogen (secondary N) is 1. The zero-order valence-electron chi connectivity index (χ0n) is 10.8. The Hall–Kier alpha value is -0.930. The predicted molar refractivity (Wildman–Crippen MR) is 68.3 cm³/mol. The van der Waals surface area contributed by atoms with Gasteiger partial charge in [-0.2, -0.15) is 0 Å². The molecule has 96 valence electrons. The van der Waals surface area contributed by atoms with E-state index in [9.17, 15) is 9.50 Å². The first-order valence-corrected chi connectivity index (χ1v) is 6.21. The second-order valence-electron chi connectivity index (χ2n) is 4.74. The van der Waals surface area contributed by atoms with Gasteiger partial charge in [0.15, 0.2) is 0 Å². The van der Waals surface area contributed by atoms with Crippen LogP contribution in [0.25, 0.3) is 0 Å². The zero-order chi connectivity index (χ0) is 12.8. The first-order chi connectivity index (χ1) is 8.04. The molecule has 0 amide bonds. The highest BCUT2D eigenvalue weighted by Gasteiger charge is 2.13. The molecule has 0 fully saturated rings. The van der Waals surface area contributed by atoms with Gasteiger partial charge in [-0.1, -0.05) is 32.9 Å². The smallest absolute Gasteiger partial charge is 0.123 e. The van der Waals surface area contributed by atoms with E-state index in [-0.39, 0.29) is 5.82 Å². The lowest BCUT2D eigenvalue weighted by atomic mass is 10.0. The Labute approximate surface area is 103 Å². The topological polar surface area (TPSA) is 32.3 Å². The number of halogens is 1. The largest absolute Gasteiger partial charge is 0.387 e. The Morgan fingerprint density at radius 3 is 2.59 bits per heavy atom. The van der Waals surface area contributed by atoms with E-state index >= 15 is 0 Å². The maximum absolute atomic E-state index is 13.0. The van der Waals surface area contributed by atoms with Gasteiger partial charge in [0.25, 0.3) is 0 Å². The standard InChI is InChI=1S/C14H22FNO/c1-4-13(10(2)3)16-9-14(17)11-6-5-7-12(15)8-11/h5-8,10,13-14,16-17H,4,9H2,1-3H3. The minimum atomic E-state index is -0.654. The van der Waals surface area contributed by atoms with Crippen molar-refractivity contribution in [3.63, 3.8) is 0 Å². The first kappa shape index (κ1) is 14.1. The van der Waals surface area contributed by atoms with Crippen LogP contribution >= 0.6 is 0 Å². The fraction of sp³-hybridized carbons (Fsp3) is 0.571. The highest BCUT2D eigenvalue weighted by molar-refractivity contribution is 5.18. The molecule has 1 aromatic rings. The normalized spacial score (nSPS) is 14.9. The summed E-state index contributed by atoms with van der Waals surface area (Å²) >= 11 is 0. The molecule has 1 rings (SSSR count).